The molecule has 0 aliphatic carbocycles. The van der Waals surface area contributed by atoms with Crippen LogP contribution in [0, 0.1) is 0 Å². The molecule has 7 heteroatoms. The zero-order chi connectivity index (χ0) is 21.1. The highest BCUT2D eigenvalue weighted by molar-refractivity contribution is 7.98. The van der Waals surface area contributed by atoms with Crippen LogP contribution in [-0.2, 0) is 0 Å². The maximum atomic E-state index is 12.8. The van der Waals surface area contributed by atoms with Crippen LogP contribution in [0.3, 0.4) is 0 Å². The van der Waals surface area contributed by atoms with Crippen molar-refractivity contribution in [3.63, 3.8) is 0 Å². The highest BCUT2D eigenvalue weighted by atomic mass is 32.2. The second-order valence-corrected chi connectivity index (χ2v) is 7.98. The van der Waals surface area contributed by atoms with Crippen LogP contribution in [0.2, 0.25) is 0 Å². The molecule has 1 N–H and O–H groups in total. The van der Waals surface area contributed by atoms with Crippen LogP contribution in [-0.4, -0.2) is 33.9 Å². The van der Waals surface area contributed by atoms with Crippen LogP contribution in [0.5, 0.6) is 0 Å². The number of nitrogens with one attached hydrogen (secondary N) is 1. The average Bonchev–Trinajstić information content (AvgIpc) is 3.26. The molecule has 2 heterocycles. The van der Waals surface area contributed by atoms with Crippen LogP contribution >= 0.6 is 11.8 Å². The Morgan fingerprint density at radius 2 is 1.87 bits per heavy atom. The quantitative estimate of drug-likeness (QED) is 0.543. The normalized spacial score (nSPS) is 16.7. The summed E-state index contributed by atoms with van der Waals surface area (Å²) in [5.74, 6) is 0.952. The second-order valence-electron chi connectivity index (χ2n) is 7.10. The molecule has 2 aromatic carbocycles. The van der Waals surface area contributed by atoms with Crippen molar-refractivity contribution < 1.29 is 9.32 Å². The number of amides is 2. The molecular formula is C23H24N4O2S. The number of urea groups is 1. The lowest BCUT2D eigenvalue weighted by Crippen LogP contribution is -2.46. The van der Waals surface area contributed by atoms with E-state index in [0.29, 0.717) is 18.3 Å². The van der Waals surface area contributed by atoms with Gasteiger partial charge in [-0.1, -0.05) is 54.5 Å². The molecular weight excluding hydrogens is 396 g/mol. The minimum absolute atomic E-state index is 0.111. The van der Waals surface area contributed by atoms with Crippen LogP contribution in [0.1, 0.15) is 37.8 Å². The number of rotatable bonds is 6. The van der Waals surface area contributed by atoms with Gasteiger partial charge in [-0.2, -0.15) is 4.98 Å². The molecule has 0 spiro atoms. The standard InChI is InChI=1S/C23H24N4O2S/c1-4-14-27-15(2)19(22-25-21(26-29-22)17-8-6-5-7-9-17)20(24-23(27)28)16-10-12-18(30-3)13-11-16/h5-13,20H,4,14H2,1-3H3,(H,24,28). The van der Waals surface area contributed by atoms with Crippen molar-refractivity contribution in [2.75, 3.05) is 12.8 Å². The van der Waals surface area contributed by atoms with Crippen molar-refractivity contribution in [2.45, 2.75) is 31.2 Å². The van der Waals surface area contributed by atoms with Crippen LogP contribution < -0.4 is 5.32 Å². The van der Waals surface area contributed by atoms with E-state index in [1.54, 1.807) is 16.7 Å². The van der Waals surface area contributed by atoms with Crippen molar-refractivity contribution >= 4 is 23.4 Å². The van der Waals surface area contributed by atoms with E-state index >= 15 is 0 Å². The molecule has 154 valence electrons. The molecule has 6 nitrogen and oxygen atoms in total. The third-order valence-electron chi connectivity index (χ3n) is 5.18. The van der Waals surface area contributed by atoms with Gasteiger partial charge in [0.1, 0.15) is 0 Å². The van der Waals surface area contributed by atoms with Crippen molar-refractivity contribution in [3.8, 4) is 11.4 Å². The first-order chi connectivity index (χ1) is 14.6. The molecule has 1 aromatic heterocycles. The third-order valence-corrected chi connectivity index (χ3v) is 5.92. The first-order valence-electron chi connectivity index (χ1n) is 9.94. The number of allylic oxidation sites excluding steroid dienone is 1. The van der Waals surface area contributed by atoms with E-state index in [0.717, 1.165) is 28.8 Å². The Hall–Kier alpha value is -3.06. The summed E-state index contributed by atoms with van der Waals surface area (Å²) in [6.07, 6.45) is 2.89. The molecule has 0 bridgehead atoms. The number of hydrogen-bond donors (Lipinski definition) is 1. The van der Waals surface area contributed by atoms with Gasteiger partial charge in [0.05, 0.1) is 11.6 Å². The van der Waals surface area contributed by atoms with Gasteiger partial charge in [0.25, 0.3) is 5.89 Å². The summed E-state index contributed by atoms with van der Waals surface area (Å²) >= 11 is 1.68. The van der Waals surface area contributed by atoms with Crippen molar-refractivity contribution in [1.29, 1.82) is 0 Å². The van der Waals surface area contributed by atoms with Gasteiger partial charge < -0.3 is 9.84 Å². The molecule has 2 amide bonds. The SMILES string of the molecule is CCCN1C(=O)NC(c2ccc(SC)cc2)C(c2nc(-c3ccccc3)no2)=C1C. The molecule has 30 heavy (non-hydrogen) atoms. The summed E-state index contributed by atoms with van der Waals surface area (Å²) in [6, 6.07) is 17.4. The Labute approximate surface area is 180 Å². The van der Waals surface area contributed by atoms with Gasteiger partial charge in [-0.15, -0.1) is 11.8 Å². The van der Waals surface area contributed by atoms with Gasteiger partial charge >= 0.3 is 6.03 Å². The maximum absolute atomic E-state index is 12.8. The van der Waals surface area contributed by atoms with Gasteiger partial charge in [-0.25, -0.2) is 4.79 Å². The summed E-state index contributed by atoms with van der Waals surface area (Å²) in [5.41, 5.74) is 3.53. The molecule has 1 aliphatic heterocycles. The average molecular weight is 421 g/mol. The number of nitrogens with zero attached hydrogens (tertiary/aromatic N) is 3. The second kappa shape index (κ2) is 8.75. The number of carbonyl (C=O) groups excluding carboxylic acids is 1. The first kappa shape index (κ1) is 20.2. The van der Waals surface area contributed by atoms with E-state index in [9.17, 15) is 4.79 Å². The van der Waals surface area contributed by atoms with E-state index in [1.165, 1.54) is 4.90 Å². The van der Waals surface area contributed by atoms with Crippen LogP contribution in [0.15, 0.2) is 69.7 Å². The highest BCUT2D eigenvalue weighted by Crippen LogP contribution is 2.37. The largest absolute Gasteiger partial charge is 0.334 e. The minimum atomic E-state index is -0.356. The van der Waals surface area contributed by atoms with E-state index in [1.807, 2.05) is 62.6 Å². The molecule has 0 saturated heterocycles. The summed E-state index contributed by atoms with van der Waals surface area (Å²) in [7, 11) is 0. The third kappa shape index (κ3) is 3.85. The van der Waals surface area contributed by atoms with Gasteiger partial charge in [0.15, 0.2) is 0 Å². The van der Waals surface area contributed by atoms with E-state index in [-0.39, 0.29) is 12.1 Å². The number of hydrogen-bond acceptors (Lipinski definition) is 5. The van der Waals surface area contributed by atoms with Crippen molar-refractivity contribution in [2.24, 2.45) is 0 Å². The lowest BCUT2D eigenvalue weighted by molar-refractivity contribution is 0.205. The summed E-state index contributed by atoms with van der Waals surface area (Å²) in [6.45, 7) is 4.62. The Kier molecular flexibility index (Phi) is 5.90. The monoisotopic (exact) mass is 420 g/mol. The minimum Gasteiger partial charge on any atom is -0.334 e. The maximum Gasteiger partial charge on any atom is 0.322 e. The Morgan fingerprint density at radius 1 is 1.13 bits per heavy atom. The van der Waals surface area contributed by atoms with Crippen molar-refractivity contribution in [1.82, 2.24) is 20.4 Å². The van der Waals surface area contributed by atoms with Crippen LogP contribution in [0.25, 0.3) is 17.0 Å². The van der Waals surface area contributed by atoms with Crippen LogP contribution in [0.4, 0.5) is 4.79 Å². The van der Waals surface area contributed by atoms with Crippen molar-refractivity contribution in [3.05, 3.63) is 71.7 Å². The highest BCUT2D eigenvalue weighted by Gasteiger charge is 2.35. The predicted octanol–water partition coefficient (Wildman–Crippen LogP) is 5.37. The molecule has 0 radical (unpaired) electrons. The molecule has 1 atom stereocenters. The fraction of sp³-hybridized carbons (Fsp3) is 0.261. The van der Waals surface area contributed by atoms with Gasteiger partial charge in [0.2, 0.25) is 5.82 Å². The van der Waals surface area contributed by atoms with Gasteiger partial charge in [0, 0.05) is 22.7 Å². The molecule has 1 unspecified atom stereocenters. The molecule has 0 fully saturated rings. The number of benzene rings is 2. The fourth-order valence-electron chi connectivity index (χ4n) is 3.63. The lowest BCUT2D eigenvalue weighted by Gasteiger charge is -2.35. The zero-order valence-electron chi connectivity index (χ0n) is 17.3. The molecule has 0 saturated carbocycles. The Balaban J connectivity index is 1.80. The predicted molar refractivity (Wildman–Crippen MR) is 119 cm³/mol. The van der Waals surface area contributed by atoms with E-state index < -0.39 is 0 Å². The lowest BCUT2D eigenvalue weighted by atomic mass is 9.94. The number of carbonyl (C=O) groups is 1. The Morgan fingerprint density at radius 3 is 2.53 bits per heavy atom. The summed E-state index contributed by atoms with van der Waals surface area (Å²) < 4.78 is 5.69. The molecule has 1 aliphatic rings. The first-order valence-corrected chi connectivity index (χ1v) is 11.2. The smallest absolute Gasteiger partial charge is 0.322 e. The molecule has 4 rings (SSSR count). The topological polar surface area (TPSA) is 71.3 Å². The number of aromatic nitrogens is 2. The van der Waals surface area contributed by atoms with E-state index in [2.05, 4.69) is 27.6 Å². The summed E-state index contributed by atoms with van der Waals surface area (Å²) in [4.78, 5) is 20.4. The van der Waals surface area contributed by atoms with E-state index in [4.69, 9.17) is 4.52 Å². The zero-order valence-corrected chi connectivity index (χ0v) is 18.1. The Bertz CT molecular complexity index is 1060. The van der Waals surface area contributed by atoms with Gasteiger partial charge in [-0.3, -0.25) is 4.90 Å². The number of thioether (sulfide) groups is 1. The fourth-order valence-corrected chi connectivity index (χ4v) is 4.04. The molecule has 3 aromatic rings. The summed E-state index contributed by atoms with van der Waals surface area (Å²) in [5, 5.41) is 7.31. The van der Waals surface area contributed by atoms with Gasteiger partial charge in [-0.05, 0) is 37.3 Å².